The van der Waals surface area contributed by atoms with Crippen molar-refractivity contribution in [2.75, 3.05) is 0 Å². The van der Waals surface area contributed by atoms with Crippen molar-refractivity contribution < 1.29 is 54.2 Å². The van der Waals surface area contributed by atoms with Crippen LogP contribution >= 0.6 is 0 Å². The quantitative estimate of drug-likeness (QED) is 0.148. The van der Waals surface area contributed by atoms with E-state index in [4.69, 9.17) is 19.7 Å². The first-order valence-corrected chi connectivity index (χ1v) is 12.5. The average Bonchev–Trinajstić information content (AvgIpc) is 2.78. The second kappa shape index (κ2) is 14.0. The van der Waals surface area contributed by atoms with Crippen LogP contribution in [0.2, 0.25) is 0 Å². The molecule has 0 bridgehead atoms. The molecule has 1 saturated heterocycles. The van der Waals surface area contributed by atoms with Crippen LogP contribution in [0.1, 0.15) is 91.9 Å². The number of hydrogen-bond donors (Lipinski definition) is 5. The number of aliphatic carboxylic acids is 2. The number of carbonyl (C=O) groups is 4. The van der Waals surface area contributed by atoms with E-state index in [9.17, 15) is 34.5 Å². The van der Waals surface area contributed by atoms with E-state index >= 15 is 0 Å². The maximum Gasteiger partial charge on any atom is 0.335 e. The van der Waals surface area contributed by atoms with Crippen LogP contribution in [0, 0.1) is 10.8 Å². The van der Waals surface area contributed by atoms with Crippen molar-refractivity contribution in [3.63, 3.8) is 0 Å². The van der Waals surface area contributed by atoms with Gasteiger partial charge in [-0.05, 0) is 53.4 Å². The van der Waals surface area contributed by atoms with E-state index in [1.165, 1.54) is 0 Å². The fourth-order valence-corrected chi connectivity index (χ4v) is 3.88. The predicted molar refractivity (Wildman–Crippen MR) is 127 cm³/mol. The molecule has 0 saturated carbocycles. The van der Waals surface area contributed by atoms with Gasteiger partial charge in [0.2, 0.25) is 6.29 Å². The van der Waals surface area contributed by atoms with Crippen molar-refractivity contribution in [3.05, 3.63) is 0 Å². The highest BCUT2D eigenvalue weighted by atomic mass is 16.7. The Hall–Kier alpha value is -2.08. The highest BCUT2D eigenvalue weighted by Crippen LogP contribution is 2.29. The summed E-state index contributed by atoms with van der Waals surface area (Å²) in [6.45, 7) is 6.64. The van der Waals surface area contributed by atoms with Gasteiger partial charge in [-0.1, -0.05) is 25.7 Å². The number of Topliss-reactive ketones (excluding diaryl/α,β-unsaturated/α-hetero) is 1. The number of aliphatic hydroxyl groups is 3. The van der Waals surface area contributed by atoms with Crippen LogP contribution in [-0.4, -0.2) is 79.9 Å². The number of unbranched alkanes of at least 4 members (excludes halogenated alkanes) is 4. The van der Waals surface area contributed by atoms with Crippen LogP contribution in [0.15, 0.2) is 0 Å². The summed E-state index contributed by atoms with van der Waals surface area (Å²) in [6, 6.07) is 0. The Morgan fingerprint density at radius 2 is 1.22 bits per heavy atom. The van der Waals surface area contributed by atoms with Crippen LogP contribution in [0.25, 0.3) is 0 Å². The van der Waals surface area contributed by atoms with Gasteiger partial charge in [0, 0.05) is 12.8 Å². The summed E-state index contributed by atoms with van der Waals surface area (Å²) in [5.74, 6) is -2.98. The number of rotatable bonds is 16. The van der Waals surface area contributed by atoms with Crippen molar-refractivity contribution >= 4 is 23.7 Å². The van der Waals surface area contributed by atoms with Gasteiger partial charge >= 0.3 is 17.9 Å². The molecule has 0 unspecified atom stereocenters. The molecule has 0 amide bonds. The first kappa shape index (κ1) is 31.9. The molecule has 1 aliphatic rings. The molecule has 5 atom stereocenters. The minimum Gasteiger partial charge on any atom is -0.481 e. The lowest BCUT2D eigenvalue weighted by Crippen LogP contribution is -2.61. The molecule has 0 aromatic carbocycles. The monoisotopic (exact) mass is 518 g/mol. The zero-order chi connectivity index (χ0) is 27.7. The second-order valence-corrected chi connectivity index (χ2v) is 10.9. The third kappa shape index (κ3) is 9.76. The fourth-order valence-electron chi connectivity index (χ4n) is 3.88. The van der Waals surface area contributed by atoms with E-state index < -0.39 is 59.4 Å². The van der Waals surface area contributed by atoms with Gasteiger partial charge in [-0.2, -0.15) is 0 Å². The smallest absolute Gasteiger partial charge is 0.335 e. The summed E-state index contributed by atoms with van der Waals surface area (Å²) in [5.41, 5.74) is -1.74. The maximum absolute atomic E-state index is 12.6. The number of esters is 1. The second-order valence-electron chi connectivity index (χ2n) is 10.9. The van der Waals surface area contributed by atoms with E-state index in [0.717, 1.165) is 19.3 Å². The number of carbonyl (C=O) groups excluding carboxylic acids is 2. The van der Waals surface area contributed by atoms with Crippen molar-refractivity contribution in [2.45, 2.75) is 123 Å². The van der Waals surface area contributed by atoms with Crippen LogP contribution < -0.4 is 0 Å². The third-order valence-corrected chi connectivity index (χ3v) is 6.68. The van der Waals surface area contributed by atoms with Gasteiger partial charge in [0.15, 0.2) is 6.10 Å². The molecule has 0 aromatic heterocycles. The van der Waals surface area contributed by atoms with Gasteiger partial charge in [-0.15, -0.1) is 0 Å². The standard InChI is InChI=1S/C25H42O11/c1-24(2,22(32)33)13-9-5-7-11-15(26)12-8-6-10-14-25(3,4)23(34)36-21-18(29)16(27)17(28)19(35-21)20(30)31/h16-19,21,27-29H,5-14H2,1-4H3,(H,30,31)(H,32,33)/t16-,17-,18+,19-,21-/m0/s1. The molecule has 36 heavy (non-hydrogen) atoms. The Labute approximate surface area is 211 Å². The number of aliphatic hydroxyl groups excluding tert-OH is 3. The molecule has 1 fully saturated rings. The van der Waals surface area contributed by atoms with Crippen LogP contribution in [-0.2, 0) is 28.7 Å². The lowest BCUT2D eigenvalue weighted by molar-refractivity contribution is -0.288. The molecular formula is C25H42O11. The zero-order valence-electron chi connectivity index (χ0n) is 21.6. The number of ether oxygens (including phenoxy) is 2. The number of hydrogen-bond acceptors (Lipinski definition) is 9. The molecular weight excluding hydrogens is 476 g/mol. The van der Waals surface area contributed by atoms with Crippen molar-refractivity contribution in [1.29, 1.82) is 0 Å². The molecule has 1 aliphatic heterocycles. The molecule has 1 rings (SSSR count). The summed E-state index contributed by atoms with van der Waals surface area (Å²) in [7, 11) is 0. The van der Waals surface area contributed by atoms with Crippen molar-refractivity contribution in [2.24, 2.45) is 10.8 Å². The van der Waals surface area contributed by atoms with E-state index in [1.807, 2.05) is 0 Å². The van der Waals surface area contributed by atoms with E-state index in [0.29, 0.717) is 44.9 Å². The fraction of sp³-hybridized carbons (Fsp3) is 0.840. The zero-order valence-corrected chi connectivity index (χ0v) is 21.6. The molecule has 208 valence electrons. The summed E-state index contributed by atoms with van der Waals surface area (Å²) in [4.78, 5) is 46.9. The van der Waals surface area contributed by atoms with Gasteiger partial charge in [-0.25, -0.2) is 4.79 Å². The van der Waals surface area contributed by atoms with Gasteiger partial charge in [0.25, 0.3) is 0 Å². The van der Waals surface area contributed by atoms with Crippen LogP contribution in [0.3, 0.4) is 0 Å². The van der Waals surface area contributed by atoms with Gasteiger partial charge in [-0.3, -0.25) is 14.4 Å². The summed E-state index contributed by atoms with van der Waals surface area (Å²) in [5, 5.41) is 47.8. The minimum absolute atomic E-state index is 0.156. The summed E-state index contributed by atoms with van der Waals surface area (Å²) >= 11 is 0. The molecule has 1 heterocycles. The van der Waals surface area contributed by atoms with Crippen LogP contribution in [0.5, 0.6) is 0 Å². The Bertz CT molecular complexity index is 761. The Morgan fingerprint density at radius 3 is 1.69 bits per heavy atom. The molecule has 0 radical (unpaired) electrons. The summed E-state index contributed by atoms with van der Waals surface area (Å²) in [6.07, 6.45) is -2.90. The third-order valence-electron chi connectivity index (χ3n) is 6.68. The Morgan fingerprint density at radius 1 is 0.722 bits per heavy atom. The van der Waals surface area contributed by atoms with Gasteiger partial charge < -0.3 is 35.0 Å². The number of carboxylic acid groups (broad SMARTS) is 2. The first-order chi connectivity index (χ1) is 16.6. The van der Waals surface area contributed by atoms with Crippen LogP contribution in [0.4, 0.5) is 0 Å². The lowest BCUT2D eigenvalue weighted by Gasteiger charge is -2.39. The maximum atomic E-state index is 12.6. The molecule has 11 heteroatoms. The van der Waals surface area contributed by atoms with E-state index in [2.05, 4.69) is 0 Å². The molecule has 0 spiro atoms. The highest BCUT2D eigenvalue weighted by Gasteiger charge is 2.49. The Balaban J connectivity index is 2.31. The van der Waals surface area contributed by atoms with Gasteiger partial charge in [0.05, 0.1) is 10.8 Å². The molecule has 0 aromatic rings. The SMILES string of the molecule is CC(C)(CCCCCC(=O)CCCCCC(C)(C)C(=O)O[C@@H]1O[C@H](C(=O)O)[C@@H](O)[C@H](O)[C@H]1O)C(=O)O. The van der Waals surface area contributed by atoms with Crippen molar-refractivity contribution in [3.8, 4) is 0 Å². The normalized spacial score (nSPS) is 24.8. The Kier molecular flexibility index (Phi) is 12.4. The molecule has 11 nitrogen and oxygen atoms in total. The van der Waals surface area contributed by atoms with E-state index in [-0.39, 0.29) is 5.78 Å². The largest absolute Gasteiger partial charge is 0.481 e. The van der Waals surface area contributed by atoms with Crippen molar-refractivity contribution in [1.82, 2.24) is 0 Å². The molecule has 0 aliphatic carbocycles. The highest BCUT2D eigenvalue weighted by molar-refractivity contribution is 5.78. The lowest BCUT2D eigenvalue weighted by atomic mass is 9.86. The summed E-state index contributed by atoms with van der Waals surface area (Å²) < 4.78 is 10.1. The minimum atomic E-state index is -1.87. The topological polar surface area (TPSA) is 188 Å². The average molecular weight is 519 g/mol. The van der Waals surface area contributed by atoms with E-state index in [1.54, 1.807) is 27.7 Å². The van der Waals surface area contributed by atoms with Gasteiger partial charge in [0.1, 0.15) is 24.1 Å². The number of carboxylic acids is 2. The molecule has 5 N–H and O–H groups in total. The predicted octanol–water partition coefficient (Wildman–Crippen LogP) is 2.03. The number of ketones is 1. The first-order valence-electron chi connectivity index (χ1n) is 12.5.